The van der Waals surface area contributed by atoms with Crippen molar-refractivity contribution in [2.45, 2.75) is 70.7 Å². The Hall–Kier alpha value is -3.53. The second kappa shape index (κ2) is 13.1. The zero-order chi connectivity index (χ0) is 33.3. The van der Waals surface area contributed by atoms with Crippen molar-refractivity contribution in [3.8, 4) is 17.2 Å². The average molecular weight is 687 g/mol. The van der Waals surface area contributed by atoms with Crippen LogP contribution in [-0.2, 0) is 33.5 Å². The zero-order valence-corrected chi connectivity index (χ0v) is 27.9. The molecule has 0 radical (unpaired) electrons. The number of pyridine rings is 1. The summed E-state index contributed by atoms with van der Waals surface area (Å²) >= 11 is 12.4. The molecule has 0 saturated carbocycles. The number of aromatic nitrogens is 7. The average Bonchev–Trinajstić information content (AvgIpc) is 3.47. The highest BCUT2D eigenvalue weighted by molar-refractivity contribution is 6.74. The van der Waals surface area contributed by atoms with Crippen LogP contribution in [0.2, 0.25) is 28.2 Å². The van der Waals surface area contributed by atoms with E-state index >= 15 is 0 Å². The molecule has 1 aromatic carbocycles. The van der Waals surface area contributed by atoms with Crippen LogP contribution in [0.15, 0.2) is 47.4 Å². The molecule has 4 aromatic rings. The van der Waals surface area contributed by atoms with Crippen LogP contribution in [0.3, 0.4) is 0 Å². The Morgan fingerprint density at radius 2 is 1.73 bits per heavy atom. The summed E-state index contributed by atoms with van der Waals surface area (Å²) in [6, 6.07) is 9.35. The largest absolute Gasteiger partial charge is 0.469 e. The minimum absolute atomic E-state index is 0.0231. The van der Waals surface area contributed by atoms with Gasteiger partial charge in [-0.05, 0) is 54.5 Å². The molecule has 242 valence electrons. The molecule has 17 heteroatoms. The van der Waals surface area contributed by atoms with Crippen LogP contribution >= 0.6 is 23.2 Å². The van der Waals surface area contributed by atoms with E-state index in [1.807, 2.05) is 20.8 Å². The topological polar surface area (TPSA) is 119 Å². The Bertz CT molecular complexity index is 1730. The quantitative estimate of drug-likeness (QED) is 0.154. The summed E-state index contributed by atoms with van der Waals surface area (Å²) in [5.41, 5.74) is -0.497. The van der Waals surface area contributed by atoms with Gasteiger partial charge in [0.05, 0.1) is 18.7 Å². The van der Waals surface area contributed by atoms with Crippen molar-refractivity contribution in [2.75, 3.05) is 7.11 Å². The van der Waals surface area contributed by atoms with Crippen molar-refractivity contribution >= 4 is 37.5 Å². The predicted molar refractivity (Wildman–Crippen MR) is 164 cm³/mol. The highest BCUT2D eigenvalue weighted by Crippen LogP contribution is 2.40. The minimum Gasteiger partial charge on any atom is -0.469 e. The molecule has 11 nitrogen and oxygen atoms in total. The van der Waals surface area contributed by atoms with E-state index in [1.54, 1.807) is 37.4 Å². The summed E-state index contributed by atoms with van der Waals surface area (Å²) < 4.78 is 57.0. The Morgan fingerprint density at radius 3 is 2.31 bits per heavy atom. The number of hydrogen-bond acceptors (Lipinski definition) is 8. The van der Waals surface area contributed by atoms with Gasteiger partial charge in [-0.1, -0.05) is 44.0 Å². The number of esters is 1. The van der Waals surface area contributed by atoms with Crippen LogP contribution in [0.5, 0.6) is 0 Å². The van der Waals surface area contributed by atoms with E-state index in [4.69, 9.17) is 32.4 Å². The molecule has 0 aliphatic heterocycles. The number of methoxy groups -OCH3 is 1. The van der Waals surface area contributed by atoms with Gasteiger partial charge in [-0.25, -0.2) is 19.4 Å². The fraction of sp³-hybridized carbons (Fsp3) is 0.429. The van der Waals surface area contributed by atoms with Crippen LogP contribution in [0, 0.1) is 0 Å². The molecule has 0 saturated heterocycles. The third-order valence-electron chi connectivity index (χ3n) is 7.46. The van der Waals surface area contributed by atoms with Crippen molar-refractivity contribution in [1.29, 1.82) is 0 Å². The molecule has 0 unspecified atom stereocenters. The number of ether oxygens (including phenoxy) is 1. The first kappa shape index (κ1) is 34.3. The molecule has 0 fully saturated rings. The number of carbonyl (C=O) groups is 1. The summed E-state index contributed by atoms with van der Waals surface area (Å²) in [7, 11) is -1.71. The van der Waals surface area contributed by atoms with Crippen molar-refractivity contribution in [1.82, 2.24) is 34.1 Å². The molecule has 0 spiro atoms. The molecular formula is C28H32Cl2F3N7O4Si. The zero-order valence-electron chi connectivity index (χ0n) is 25.4. The summed E-state index contributed by atoms with van der Waals surface area (Å²) in [4.78, 5) is 34.4. The van der Waals surface area contributed by atoms with Gasteiger partial charge >= 0.3 is 17.8 Å². The number of alkyl halides is 3. The van der Waals surface area contributed by atoms with Crippen LogP contribution in [0.25, 0.3) is 17.2 Å². The van der Waals surface area contributed by atoms with Crippen LogP contribution in [0.1, 0.15) is 32.4 Å². The van der Waals surface area contributed by atoms with E-state index in [-0.39, 0.29) is 41.3 Å². The number of hydrogen-bond donors (Lipinski definition) is 0. The van der Waals surface area contributed by atoms with E-state index in [0.717, 1.165) is 9.25 Å². The van der Waals surface area contributed by atoms with Gasteiger partial charge in [0.1, 0.15) is 18.8 Å². The van der Waals surface area contributed by atoms with E-state index in [2.05, 4.69) is 20.2 Å². The second-order valence-corrected chi connectivity index (χ2v) is 17.3. The van der Waals surface area contributed by atoms with Gasteiger partial charge in [0.25, 0.3) is 0 Å². The molecule has 1 atom stereocenters. The van der Waals surface area contributed by atoms with Gasteiger partial charge in [0.2, 0.25) is 0 Å². The van der Waals surface area contributed by atoms with Gasteiger partial charge in [0, 0.05) is 16.8 Å². The lowest BCUT2D eigenvalue weighted by Crippen LogP contribution is -2.50. The molecular weight excluding hydrogens is 654 g/mol. The Balaban J connectivity index is 1.81. The van der Waals surface area contributed by atoms with Gasteiger partial charge in [-0.2, -0.15) is 17.9 Å². The molecule has 3 heterocycles. The van der Waals surface area contributed by atoms with E-state index in [1.165, 1.54) is 30.1 Å². The van der Waals surface area contributed by atoms with Crippen molar-refractivity contribution < 1.29 is 27.1 Å². The standard InChI is InChI=1S/C28H32Cl2F3N7O4Si/c1-27(2,3)45(5,6)44-20(28(31,32)33)15-38-24(17-9-11-18(29)12-10-17)37-39(26(38)42)16-21-35-22(14-23(41)43-4)40(36-21)25-19(30)8-7-13-34-25/h7-13,20H,14-16H2,1-6H3/t20-/m0/s1. The summed E-state index contributed by atoms with van der Waals surface area (Å²) in [5, 5.41) is 8.86. The van der Waals surface area contributed by atoms with Crippen molar-refractivity contribution in [3.05, 3.63) is 74.8 Å². The second-order valence-electron chi connectivity index (χ2n) is 11.7. The highest BCUT2D eigenvalue weighted by atomic mass is 35.5. The predicted octanol–water partition coefficient (Wildman–Crippen LogP) is 5.71. The molecule has 45 heavy (non-hydrogen) atoms. The molecule has 0 aliphatic carbocycles. The summed E-state index contributed by atoms with van der Waals surface area (Å²) in [6.45, 7) is 7.71. The first-order valence-corrected chi connectivity index (χ1v) is 17.4. The summed E-state index contributed by atoms with van der Waals surface area (Å²) in [6.07, 6.45) is -5.89. The van der Waals surface area contributed by atoms with E-state index in [9.17, 15) is 22.8 Å². The number of carbonyl (C=O) groups excluding carboxylic acids is 1. The van der Waals surface area contributed by atoms with Gasteiger partial charge in [-0.3, -0.25) is 9.36 Å². The summed E-state index contributed by atoms with van der Waals surface area (Å²) in [5.74, 6) is -0.342. The lowest BCUT2D eigenvalue weighted by molar-refractivity contribution is -0.202. The van der Waals surface area contributed by atoms with Crippen LogP contribution in [-0.4, -0.2) is 67.8 Å². The maximum Gasteiger partial charge on any atom is 0.415 e. The maximum atomic E-state index is 14.4. The lowest BCUT2D eigenvalue weighted by atomic mass is 10.2. The Kier molecular flexibility index (Phi) is 9.97. The number of halogens is 5. The van der Waals surface area contributed by atoms with E-state index in [0.29, 0.717) is 10.6 Å². The van der Waals surface area contributed by atoms with Crippen LogP contribution < -0.4 is 5.69 Å². The van der Waals surface area contributed by atoms with Crippen LogP contribution in [0.4, 0.5) is 13.2 Å². The Labute approximate surface area is 268 Å². The van der Waals surface area contributed by atoms with Crippen molar-refractivity contribution in [2.24, 2.45) is 0 Å². The SMILES string of the molecule is COC(=O)Cc1nc(Cn2nc(-c3ccc(Cl)cc3)n(C[C@H](O[Si](C)(C)C(C)(C)C)C(F)(F)F)c2=O)nn1-c1ncccc1Cl. The van der Waals surface area contributed by atoms with E-state index < -0.39 is 43.8 Å². The number of benzene rings is 1. The monoisotopic (exact) mass is 685 g/mol. The van der Waals surface area contributed by atoms with Gasteiger partial charge < -0.3 is 9.16 Å². The fourth-order valence-corrected chi connectivity index (χ4v) is 5.64. The molecule has 0 amide bonds. The van der Waals surface area contributed by atoms with Crippen molar-refractivity contribution in [3.63, 3.8) is 0 Å². The first-order chi connectivity index (χ1) is 20.9. The lowest BCUT2D eigenvalue weighted by Gasteiger charge is -2.39. The molecule has 0 aliphatic rings. The number of nitrogens with zero attached hydrogens (tertiary/aromatic N) is 7. The molecule has 4 rings (SSSR count). The first-order valence-electron chi connectivity index (χ1n) is 13.7. The third-order valence-corrected chi connectivity index (χ3v) is 12.5. The maximum absolute atomic E-state index is 14.4. The third kappa shape index (κ3) is 7.83. The highest BCUT2D eigenvalue weighted by Gasteiger charge is 2.48. The smallest absolute Gasteiger partial charge is 0.415 e. The Morgan fingerprint density at radius 1 is 1.07 bits per heavy atom. The minimum atomic E-state index is -4.78. The number of rotatable bonds is 10. The molecule has 0 N–H and O–H groups in total. The van der Waals surface area contributed by atoms with Gasteiger partial charge in [0.15, 0.2) is 31.9 Å². The normalized spacial score (nSPS) is 13.2. The molecule has 0 bridgehead atoms. The fourth-order valence-electron chi connectivity index (χ4n) is 4.04. The molecule has 3 aromatic heterocycles. The van der Waals surface area contributed by atoms with Gasteiger partial charge in [-0.15, -0.1) is 10.2 Å².